The first kappa shape index (κ1) is 24.5. The van der Waals surface area contributed by atoms with Crippen LogP contribution in [0.4, 0.5) is 4.79 Å². The van der Waals surface area contributed by atoms with E-state index >= 15 is 0 Å². The molecule has 0 heterocycles. The number of benzene rings is 2. The number of carbonyl (C=O) groups excluding carboxylic acids is 2. The van der Waals surface area contributed by atoms with Crippen LogP contribution in [0.25, 0.3) is 0 Å². The largest absolute Gasteiger partial charge is 0.480 e. The molecule has 0 saturated heterocycles. The van der Waals surface area contributed by atoms with Crippen LogP contribution < -0.4 is 10.6 Å². The third kappa shape index (κ3) is 8.84. The van der Waals surface area contributed by atoms with Crippen molar-refractivity contribution in [2.24, 2.45) is 0 Å². The minimum Gasteiger partial charge on any atom is -0.480 e. The van der Waals surface area contributed by atoms with Crippen LogP contribution in [0.2, 0.25) is 10.0 Å². The van der Waals surface area contributed by atoms with Gasteiger partial charge in [-0.25, -0.2) is 9.59 Å². The van der Waals surface area contributed by atoms with E-state index in [1.165, 1.54) is 6.07 Å². The second kappa shape index (κ2) is 12.1. The van der Waals surface area contributed by atoms with Gasteiger partial charge in [-0.2, -0.15) is 0 Å². The molecule has 4 N–H and O–H groups in total. The molecule has 166 valence electrons. The first-order valence-corrected chi connectivity index (χ1v) is 10.1. The first-order chi connectivity index (χ1) is 14.7. The maximum atomic E-state index is 12.1. The smallest absolute Gasteiger partial charge is 0.407 e. The Hall–Kier alpha value is -2.81. The monoisotopic (exact) mass is 468 g/mol. The molecule has 0 aliphatic carbocycles. The summed E-state index contributed by atoms with van der Waals surface area (Å²) >= 11 is 11.9. The Balaban J connectivity index is 1.77. The van der Waals surface area contributed by atoms with Crippen molar-refractivity contribution in [1.82, 2.24) is 10.6 Å². The summed E-state index contributed by atoms with van der Waals surface area (Å²) in [5, 5.41) is 24.7. The maximum absolute atomic E-state index is 12.1. The van der Waals surface area contributed by atoms with Crippen molar-refractivity contribution in [3.63, 3.8) is 0 Å². The molecule has 2 amide bonds. The molecular weight excluding hydrogens is 447 g/mol. The van der Waals surface area contributed by atoms with E-state index in [1.807, 2.05) is 18.2 Å². The highest BCUT2D eigenvalue weighted by Crippen LogP contribution is 2.22. The van der Waals surface area contributed by atoms with Crippen molar-refractivity contribution >= 4 is 41.2 Å². The van der Waals surface area contributed by atoms with E-state index in [0.717, 1.165) is 5.56 Å². The number of aliphatic carboxylic acids is 1. The molecule has 0 aromatic heterocycles. The predicted molar refractivity (Wildman–Crippen MR) is 115 cm³/mol. The van der Waals surface area contributed by atoms with Crippen molar-refractivity contribution in [3.05, 3.63) is 69.7 Å². The molecule has 2 aromatic carbocycles. The highest BCUT2D eigenvalue weighted by Gasteiger charge is 2.23. The molecule has 0 unspecified atom stereocenters. The Bertz CT molecular complexity index is 910. The zero-order valence-corrected chi connectivity index (χ0v) is 17.9. The van der Waals surface area contributed by atoms with Crippen molar-refractivity contribution in [2.45, 2.75) is 31.6 Å². The normalized spacial score (nSPS) is 12.5. The number of aliphatic hydroxyl groups excluding tert-OH is 1. The zero-order chi connectivity index (χ0) is 22.8. The van der Waals surface area contributed by atoms with Gasteiger partial charge >= 0.3 is 12.1 Å². The van der Waals surface area contributed by atoms with Gasteiger partial charge in [0, 0.05) is 23.0 Å². The highest BCUT2D eigenvalue weighted by atomic mass is 35.5. The molecule has 0 fully saturated rings. The number of ether oxygens (including phenoxy) is 1. The number of carboxylic acids is 1. The third-order valence-corrected chi connectivity index (χ3v) is 4.78. The Labute approximate surface area is 189 Å². The maximum Gasteiger partial charge on any atom is 0.407 e. The van der Waals surface area contributed by atoms with Crippen molar-refractivity contribution in [1.29, 1.82) is 0 Å². The van der Waals surface area contributed by atoms with Crippen LogP contribution in [0, 0.1) is 0 Å². The lowest BCUT2D eigenvalue weighted by Crippen LogP contribution is -2.44. The summed E-state index contributed by atoms with van der Waals surface area (Å²) in [4.78, 5) is 35.3. The number of hydrogen-bond acceptors (Lipinski definition) is 5. The molecule has 31 heavy (non-hydrogen) atoms. The van der Waals surface area contributed by atoms with Gasteiger partial charge < -0.3 is 25.6 Å². The van der Waals surface area contributed by atoms with Crippen LogP contribution in [0.3, 0.4) is 0 Å². The molecular formula is C21H22Cl2N2O6. The van der Waals surface area contributed by atoms with Crippen LogP contribution in [0.15, 0.2) is 48.5 Å². The average Bonchev–Trinajstić information content (AvgIpc) is 2.72. The van der Waals surface area contributed by atoms with Crippen molar-refractivity contribution < 1.29 is 29.3 Å². The summed E-state index contributed by atoms with van der Waals surface area (Å²) in [5.41, 5.74) is 1.31. The van der Waals surface area contributed by atoms with Crippen LogP contribution in [0.1, 0.15) is 17.5 Å². The Morgan fingerprint density at radius 2 is 1.77 bits per heavy atom. The standard InChI is InChI=1S/C21H22Cl2N2O6/c22-15-7-6-14(17(23)9-15)8-18(20(28)29)25-19(27)10-16(26)11-24-21(30)31-12-13-4-2-1-3-5-13/h1-7,9,16,18,26H,8,10-12H2,(H,24,30)(H,25,27)(H,28,29)/t16-,18-/m0/s1. The van der Waals surface area contributed by atoms with Crippen LogP contribution >= 0.6 is 23.2 Å². The summed E-state index contributed by atoms with van der Waals surface area (Å²) in [6.45, 7) is -0.168. The van der Waals surface area contributed by atoms with Crippen LogP contribution in [0.5, 0.6) is 0 Å². The van der Waals surface area contributed by atoms with E-state index in [9.17, 15) is 24.6 Å². The SMILES string of the molecule is O=C(C[C@H](O)CNC(=O)OCc1ccccc1)N[C@@H](Cc1ccc(Cl)cc1Cl)C(=O)O. The number of carboxylic acid groups (broad SMARTS) is 1. The fourth-order valence-corrected chi connectivity index (χ4v) is 3.11. The van der Waals surface area contributed by atoms with Crippen molar-refractivity contribution in [3.8, 4) is 0 Å². The predicted octanol–water partition coefficient (Wildman–Crippen LogP) is 2.78. The fraction of sp³-hybridized carbons (Fsp3) is 0.286. The second-order valence-corrected chi connectivity index (χ2v) is 7.54. The Kier molecular flexibility index (Phi) is 9.58. The topological polar surface area (TPSA) is 125 Å². The number of rotatable bonds is 10. The minimum absolute atomic E-state index is 0.0583. The van der Waals surface area contributed by atoms with Crippen LogP contribution in [-0.2, 0) is 27.4 Å². The molecule has 0 radical (unpaired) electrons. The highest BCUT2D eigenvalue weighted by molar-refractivity contribution is 6.35. The second-order valence-electron chi connectivity index (χ2n) is 6.70. The lowest BCUT2D eigenvalue weighted by Gasteiger charge is -2.17. The van der Waals surface area contributed by atoms with Crippen LogP contribution in [-0.4, -0.2) is 46.9 Å². The van der Waals surface area contributed by atoms with Gasteiger partial charge in [-0.15, -0.1) is 0 Å². The van der Waals surface area contributed by atoms with E-state index < -0.39 is 36.5 Å². The number of hydrogen-bond donors (Lipinski definition) is 4. The number of halogens is 2. The molecule has 0 bridgehead atoms. The minimum atomic E-state index is -1.25. The summed E-state index contributed by atoms with van der Waals surface area (Å²) in [5.74, 6) is -1.94. The Morgan fingerprint density at radius 3 is 2.42 bits per heavy atom. The van der Waals surface area contributed by atoms with Gasteiger partial charge in [-0.05, 0) is 23.3 Å². The van der Waals surface area contributed by atoms with Gasteiger partial charge in [-0.1, -0.05) is 59.6 Å². The van der Waals surface area contributed by atoms with E-state index in [0.29, 0.717) is 10.6 Å². The van der Waals surface area contributed by atoms with Crippen molar-refractivity contribution in [2.75, 3.05) is 6.54 Å². The number of alkyl carbamates (subject to hydrolysis) is 1. The molecule has 2 aromatic rings. The first-order valence-electron chi connectivity index (χ1n) is 9.33. The van der Waals surface area contributed by atoms with Gasteiger partial charge in [-0.3, -0.25) is 4.79 Å². The van der Waals surface area contributed by atoms with Gasteiger partial charge in [0.15, 0.2) is 0 Å². The van der Waals surface area contributed by atoms with Gasteiger partial charge in [0.25, 0.3) is 0 Å². The summed E-state index contributed by atoms with van der Waals surface area (Å²) in [6, 6.07) is 12.4. The average molecular weight is 469 g/mol. The molecule has 10 heteroatoms. The van der Waals surface area contributed by atoms with E-state index in [4.69, 9.17) is 27.9 Å². The number of carbonyl (C=O) groups is 3. The fourth-order valence-electron chi connectivity index (χ4n) is 2.62. The van der Waals surface area contributed by atoms with Gasteiger partial charge in [0.2, 0.25) is 5.91 Å². The lowest BCUT2D eigenvalue weighted by molar-refractivity contribution is -0.142. The molecule has 0 saturated carbocycles. The van der Waals surface area contributed by atoms with Gasteiger partial charge in [0.1, 0.15) is 12.6 Å². The van der Waals surface area contributed by atoms with E-state index in [-0.39, 0.29) is 24.6 Å². The molecule has 0 spiro atoms. The molecule has 0 aliphatic heterocycles. The molecule has 0 aliphatic rings. The molecule has 2 atom stereocenters. The quantitative estimate of drug-likeness (QED) is 0.424. The summed E-state index contributed by atoms with van der Waals surface area (Å²) in [6.07, 6.45) is -2.43. The lowest BCUT2D eigenvalue weighted by atomic mass is 10.1. The van der Waals surface area contributed by atoms with E-state index in [2.05, 4.69) is 10.6 Å². The Morgan fingerprint density at radius 1 is 1.06 bits per heavy atom. The van der Waals surface area contributed by atoms with E-state index in [1.54, 1.807) is 24.3 Å². The van der Waals surface area contributed by atoms with Gasteiger partial charge in [0.05, 0.1) is 12.5 Å². The number of nitrogens with one attached hydrogen (secondary N) is 2. The summed E-state index contributed by atoms with van der Waals surface area (Å²) in [7, 11) is 0. The molecule has 8 nitrogen and oxygen atoms in total. The zero-order valence-electron chi connectivity index (χ0n) is 16.4. The summed E-state index contributed by atoms with van der Waals surface area (Å²) < 4.78 is 5.00. The molecule has 2 rings (SSSR count). The number of aliphatic hydroxyl groups is 1. The number of amides is 2. The third-order valence-electron chi connectivity index (χ3n) is 4.19.